The van der Waals surface area contributed by atoms with E-state index in [2.05, 4.69) is 35.3 Å². The number of esters is 1. The highest BCUT2D eigenvalue weighted by molar-refractivity contribution is 7.11. The lowest BCUT2D eigenvalue weighted by Crippen LogP contribution is -2.23. The Morgan fingerprint density at radius 2 is 2.19 bits per heavy atom. The normalized spacial score (nSPS) is 10.8. The third-order valence-corrected chi connectivity index (χ3v) is 4.60. The van der Waals surface area contributed by atoms with Crippen molar-refractivity contribution in [1.29, 1.82) is 0 Å². The second-order valence-corrected chi connectivity index (χ2v) is 7.15. The minimum Gasteiger partial charge on any atom is -0.461 e. The lowest BCUT2D eigenvalue weighted by Gasteiger charge is -2.13. The number of nitrogens with one attached hydrogen (secondary N) is 1. The van der Waals surface area contributed by atoms with Crippen LogP contribution in [0.4, 0.5) is 0 Å². The molecule has 0 spiro atoms. The summed E-state index contributed by atoms with van der Waals surface area (Å²) in [6.45, 7) is 13.0. The van der Waals surface area contributed by atoms with Crippen LogP contribution < -0.4 is 5.32 Å². The molecule has 0 unspecified atom stereocenters. The summed E-state index contributed by atoms with van der Waals surface area (Å²) < 4.78 is 7.09. The van der Waals surface area contributed by atoms with Gasteiger partial charge in [0.15, 0.2) is 0 Å². The average Bonchev–Trinajstić information content (AvgIpc) is 3.19. The van der Waals surface area contributed by atoms with E-state index < -0.39 is 5.97 Å². The highest BCUT2D eigenvalue weighted by Crippen LogP contribution is 2.28. The van der Waals surface area contributed by atoms with Crippen molar-refractivity contribution in [2.24, 2.45) is 5.92 Å². The second-order valence-electron chi connectivity index (χ2n) is 6.29. The first-order valence-electron chi connectivity index (χ1n) is 8.61. The van der Waals surface area contributed by atoms with Gasteiger partial charge in [-0.2, -0.15) is 0 Å². The Bertz CT molecular complexity index is 805. The SMILES string of the molecule is C=CCNC(=O)c1cc(-c2csc(C(=O)OCC)n2)n(CC(C)C)c1C. The molecule has 2 aromatic rings. The summed E-state index contributed by atoms with van der Waals surface area (Å²) >= 11 is 1.24. The first-order chi connectivity index (χ1) is 12.4. The third-order valence-electron chi connectivity index (χ3n) is 3.78. The molecule has 2 rings (SSSR count). The van der Waals surface area contributed by atoms with Crippen LogP contribution in [-0.4, -0.2) is 34.6 Å². The molecule has 0 aromatic carbocycles. The summed E-state index contributed by atoms with van der Waals surface area (Å²) in [5.41, 5.74) is 2.98. The molecule has 0 aliphatic carbocycles. The average molecular weight is 375 g/mol. The molecule has 26 heavy (non-hydrogen) atoms. The zero-order valence-electron chi connectivity index (χ0n) is 15.7. The molecule has 0 aliphatic rings. The van der Waals surface area contributed by atoms with Crippen molar-refractivity contribution >= 4 is 23.2 Å². The lowest BCUT2D eigenvalue weighted by molar-refractivity contribution is 0.0526. The van der Waals surface area contributed by atoms with Crippen LogP contribution in [0.2, 0.25) is 0 Å². The summed E-state index contributed by atoms with van der Waals surface area (Å²) in [5, 5.41) is 4.95. The van der Waals surface area contributed by atoms with Gasteiger partial charge in [-0.05, 0) is 25.8 Å². The summed E-state index contributed by atoms with van der Waals surface area (Å²) in [5.74, 6) is -0.175. The van der Waals surface area contributed by atoms with Crippen molar-refractivity contribution in [3.05, 3.63) is 40.4 Å². The van der Waals surface area contributed by atoms with Gasteiger partial charge >= 0.3 is 5.97 Å². The maximum absolute atomic E-state index is 12.4. The van der Waals surface area contributed by atoms with E-state index >= 15 is 0 Å². The number of hydrogen-bond donors (Lipinski definition) is 1. The number of carbonyl (C=O) groups excluding carboxylic acids is 2. The van der Waals surface area contributed by atoms with Crippen molar-refractivity contribution in [3.8, 4) is 11.4 Å². The molecule has 0 atom stereocenters. The van der Waals surface area contributed by atoms with Gasteiger partial charge in [0.1, 0.15) is 0 Å². The van der Waals surface area contributed by atoms with Gasteiger partial charge in [0, 0.05) is 24.2 Å². The zero-order valence-corrected chi connectivity index (χ0v) is 16.5. The fourth-order valence-electron chi connectivity index (χ4n) is 2.63. The van der Waals surface area contributed by atoms with E-state index in [4.69, 9.17) is 4.74 Å². The quantitative estimate of drug-likeness (QED) is 0.564. The molecule has 0 saturated heterocycles. The van der Waals surface area contributed by atoms with E-state index in [1.54, 1.807) is 13.0 Å². The molecule has 0 fully saturated rings. The van der Waals surface area contributed by atoms with Gasteiger partial charge in [-0.3, -0.25) is 4.79 Å². The fraction of sp³-hybridized carbons (Fsp3) is 0.421. The van der Waals surface area contributed by atoms with Crippen LogP contribution in [-0.2, 0) is 11.3 Å². The largest absolute Gasteiger partial charge is 0.461 e. The van der Waals surface area contributed by atoms with Gasteiger partial charge in [-0.25, -0.2) is 9.78 Å². The Hall–Kier alpha value is -2.41. The number of aromatic nitrogens is 2. The van der Waals surface area contributed by atoms with E-state index in [-0.39, 0.29) is 5.91 Å². The van der Waals surface area contributed by atoms with Gasteiger partial charge in [0.25, 0.3) is 5.91 Å². The number of hydrogen-bond acceptors (Lipinski definition) is 5. The van der Waals surface area contributed by atoms with E-state index in [0.29, 0.717) is 35.3 Å². The molecule has 140 valence electrons. The number of rotatable bonds is 8. The molecule has 2 aromatic heterocycles. The summed E-state index contributed by atoms with van der Waals surface area (Å²) in [7, 11) is 0. The standard InChI is InChI=1S/C19H25N3O3S/c1-6-8-20-17(23)14-9-16(22(13(14)5)10-12(3)4)15-11-26-18(21-15)19(24)25-7-2/h6,9,11-12H,1,7-8,10H2,2-5H3,(H,20,23). The Kier molecular flexibility index (Phi) is 6.74. The molecule has 0 radical (unpaired) electrons. The fourth-order valence-corrected chi connectivity index (χ4v) is 3.33. The van der Waals surface area contributed by atoms with E-state index in [0.717, 1.165) is 17.9 Å². The van der Waals surface area contributed by atoms with Crippen molar-refractivity contribution in [2.45, 2.75) is 34.2 Å². The monoisotopic (exact) mass is 375 g/mol. The van der Waals surface area contributed by atoms with Gasteiger partial charge in [-0.1, -0.05) is 19.9 Å². The maximum atomic E-state index is 12.4. The number of nitrogens with zero attached hydrogens (tertiary/aromatic N) is 2. The Morgan fingerprint density at radius 1 is 1.46 bits per heavy atom. The van der Waals surface area contributed by atoms with Gasteiger partial charge < -0.3 is 14.6 Å². The molecule has 6 nitrogen and oxygen atoms in total. The molecular formula is C19H25N3O3S. The van der Waals surface area contributed by atoms with Gasteiger partial charge in [0.05, 0.1) is 23.6 Å². The molecule has 1 N–H and O–H groups in total. The molecule has 1 amide bonds. The molecule has 0 saturated carbocycles. The summed E-state index contributed by atoms with van der Waals surface area (Å²) in [6, 6.07) is 1.83. The highest BCUT2D eigenvalue weighted by Gasteiger charge is 2.21. The van der Waals surface area contributed by atoms with Crippen LogP contribution in [0.3, 0.4) is 0 Å². The van der Waals surface area contributed by atoms with Crippen molar-refractivity contribution in [2.75, 3.05) is 13.2 Å². The summed E-state index contributed by atoms with van der Waals surface area (Å²) in [4.78, 5) is 28.8. The lowest BCUT2D eigenvalue weighted by atomic mass is 10.2. The van der Waals surface area contributed by atoms with Crippen LogP contribution in [0.1, 0.15) is 46.6 Å². The predicted molar refractivity (Wildman–Crippen MR) is 104 cm³/mol. The molecule has 2 heterocycles. The second kappa shape index (κ2) is 8.80. The minimum atomic E-state index is -0.425. The Balaban J connectivity index is 2.44. The smallest absolute Gasteiger partial charge is 0.367 e. The van der Waals surface area contributed by atoms with Crippen LogP contribution in [0.5, 0.6) is 0 Å². The van der Waals surface area contributed by atoms with Crippen molar-refractivity contribution in [3.63, 3.8) is 0 Å². The number of ether oxygens (including phenoxy) is 1. The van der Waals surface area contributed by atoms with E-state index in [1.807, 2.05) is 18.4 Å². The number of thiazole rings is 1. The maximum Gasteiger partial charge on any atom is 0.367 e. The Morgan fingerprint density at radius 3 is 2.81 bits per heavy atom. The van der Waals surface area contributed by atoms with Crippen molar-refractivity contribution < 1.29 is 14.3 Å². The predicted octanol–water partition coefficient (Wildman–Crippen LogP) is 3.67. The number of amides is 1. The van der Waals surface area contributed by atoms with E-state index in [9.17, 15) is 9.59 Å². The highest BCUT2D eigenvalue weighted by atomic mass is 32.1. The third kappa shape index (κ3) is 4.40. The molecule has 7 heteroatoms. The van der Waals surface area contributed by atoms with Crippen LogP contribution in [0.15, 0.2) is 24.1 Å². The van der Waals surface area contributed by atoms with Crippen LogP contribution >= 0.6 is 11.3 Å². The number of carbonyl (C=O) groups is 2. The minimum absolute atomic E-state index is 0.146. The van der Waals surface area contributed by atoms with Gasteiger partial charge in [-0.15, -0.1) is 17.9 Å². The van der Waals surface area contributed by atoms with Crippen LogP contribution in [0, 0.1) is 12.8 Å². The molecule has 0 aliphatic heterocycles. The molecule has 0 bridgehead atoms. The molecular weight excluding hydrogens is 350 g/mol. The van der Waals surface area contributed by atoms with Crippen molar-refractivity contribution in [1.82, 2.24) is 14.9 Å². The van der Waals surface area contributed by atoms with Crippen LogP contribution in [0.25, 0.3) is 11.4 Å². The van der Waals surface area contributed by atoms with E-state index in [1.165, 1.54) is 11.3 Å². The zero-order chi connectivity index (χ0) is 19.3. The van der Waals surface area contributed by atoms with Gasteiger partial charge in [0.2, 0.25) is 5.01 Å². The summed E-state index contributed by atoms with van der Waals surface area (Å²) in [6.07, 6.45) is 1.64. The first kappa shape index (κ1) is 19.9. The Labute approximate surface area is 157 Å². The topological polar surface area (TPSA) is 73.2 Å². The first-order valence-corrected chi connectivity index (χ1v) is 9.49.